The molecular weight excluding hydrogens is 591 g/mol. The van der Waals surface area contributed by atoms with Gasteiger partial charge in [-0.05, 0) is 106 Å². The topological polar surface area (TPSA) is 66.3 Å². The van der Waals surface area contributed by atoms with E-state index in [1.807, 2.05) is 65.2 Å². The van der Waals surface area contributed by atoms with Crippen LogP contribution in [0.4, 0.5) is 11.6 Å². The molecule has 4 heterocycles. The van der Waals surface area contributed by atoms with E-state index in [2.05, 4.69) is 48.1 Å². The Balaban J connectivity index is 1.20. The Morgan fingerprint density at radius 2 is 1.82 bits per heavy atom. The van der Waals surface area contributed by atoms with E-state index >= 15 is 0 Å². The van der Waals surface area contributed by atoms with Crippen molar-refractivity contribution < 1.29 is 4.79 Å². The summed E-state index contributed by atoms with van der Waals surface area (Å²) in [6, 6.07) is 16.6. The summed E-state index contributed by atoms with van der Waals surface area (Å²) in [6.45, 7) is 12.2. The van der Waals surface area contributed by atoms with Gasteiger partial charge in [-0.3, -0.25) is 4.79 Å². The largest absolute Gasteiger partial charge is 0.341 e. The SMILES string of the molecule is CC[C@H](c1cccc(Cl)c1)N1CCn2cc(-c3nc(Nc4ccc(C5CCN(C(C)C)CC5)cc4Cl)ncc3C)cc2C1=O. The number of piperidine rings is 1. The monoisotopic (exact) mass is 630 g/mol. The van der Waals surface area contributed by atoms with Crippen molar-refractivity contribution in [3.63, 3.8) is 0 Å². The number of hydrogen-bond donors (Lipinski definition) is 1. The molecule has 6 rings (SSSR count). The van der Waals surface area contributed by atoms with Crippen LogP contribution < -0.4 is 5.32 Å². The number of carbonyl (C=O) groups is 1. The van der Waals surface area contributed by atoms with Crippen molar-refractivity contribution in [3.8, 4) is 11.3 Å². The standard InChI is InChI=1S/C35H40Cl2N6O/c1-5-31(26-7-6-8-28(36)17-26)43-16-15-42-21-27(19-32(42)34(43)44)33-23(4)20-38-35(40-33)39-30-10-9-25(18-29(30)37)24-11-13-41(14-12-24)22(2)3/h6-10,17-22,24,31H,5,11-16H2,1-4H3,(H,38,39,40)/t31-/m1/s1. The number of anilines is 2. The lowest BCUT2D eigenvalue weighted by atomic mass is 9.89. The van der Waals surface area contributed by atoms with E-state index in [1.165, 1.54) is 5.56 Å². The number of fused-ring (bicyclic) bond motifs is 1. The number of hydrogen-bond acceptors (Lipinski definition) is 5. The predicted octanol–water partition coefficient (Wildman–Crippen LogP) is 8.50. The van der Waals surface area contributed by atoms with Gasteiger partial charge in [0.1, 0.15) is 5.69 Å². The van der Waals surface area contributed by atoms with Gasteiger partial charge in [0.05, 0.1) is 22.4 Å². The number of halogens is 2. The minimum absolute atomic E-state index is 0.0149. The summed E-state index contributed by atoms with van der Waals surface area (Å²) in [5.41, 5.74) is 6.39. The highest BCUT2D eigenvalue weighted by Gasteiger charge is 2.31. The summed E-state index contributed by atoms with van der Waals surface area (Å²) >= 11 is 13.1. The maximum absolute atomic E-state index is 13.7. The fourth-order valence-corrected chi connectivity index (χ4v) is 7.10. The van der Waals surface area contributed by atoms with Crippen molar-refractivity contribution in [2.75, 3.05) is 25.0 Å². The predicted molar refractivity (Wildman–Crippen MR) is 179 cm³/mol. The van der Waals surface area contributed by atoms with E-state index in [0.29, 0.717) is 46.7 Å². The van der Waals surface area contributed by atoms with Gasteiger partial charge < -0.3 is 19.7 Å². The fraction of sp³-hybridized carbons (Fsp3) is 0.400. The molecule has 0 bridgehead atoms. The molecule has 9 heteroatoms. The molecule has 0 radical (unpaired) electrons. The summed E-state index contributed by atoms with van der Waals surface area (Å²) in [4.78, 5) is 27.7. The van der Waals surface area contributed by atoms with Gasteiger partial charge in [-0.15, -0.1) is 0 Å². The molecule has 2 aromatic heterocycles. The average Bonchev–Trinajstić information content (AvgIpc) is 3.46. The van der Waals surface area contributed by atoms with Gasteiger partial charge in [0, 0.05) is 42.1 Å². The Bertz CT molecular complexity index is 1660. The maximum Gasteiger partial charge on any atom is 0.271 e. The molecule has 2 aromatic carbocycles. The van der Waals surface area contributed by atoms with Crippen molar-refractivity contribution in [1.82, 2.24) is 24.3 Å². The lowest BCUT2D eigenvalue weighted by molar-refractivity contribution is 0.0610. The van der Waals surface area contributed by atoms with E-state index in [1.54, 1.807) is 0 Å². The number of benzene rings is 2. The van der Waals surface area contributed by atoms with Crippen LogP contribution in [0.25, 0.3) is 11.3 Å². The van der Waals surface area contributed by atoms with Crippen molar-refractivity contribution in [3.05, 3.63) is 93.4 Å². The molecule has 230 valence electrons. The molecule has 1 atom stereocenters. The Kier molecular flexibility index (Phi) is 8.99. The third kappa shape index (κ3) is 6.23. The number of aryl methyl sites for hydroxylation is 1. The van der Waals surface area contributed by atoms with Crippen LogP contribution in [0.2, 0.25) is 10.0 Å². The first-order valence-corrected chi connectivity index (χ1v) is 16.4. The highest BCUT2D eigenvalue weighted by molar-refractivity contribution is 6.33. The van der Waals surface area contributed by atoms with Gasteiger partial charge in [-0.1, -0.05) is 48.3 Å². The Morgan fingerprint density at radius 3 is 2.52 bits per heavy atom. The van der Waals surface area contributed by atoms with E-state index in [-0.39, 0.29) is 11.9 Å². The number of nitrogens with zero attached hydrogens (tertiary/aromatic N) is 5. The van der Waals surface area contributed by atoms with Crippen LogP contribution in [-0.4, -0.2) is 55.9 Å². The first kappa shape index (κ1) is 30.6. The van der Waals surface area contributed by atoms with E-state index in [9.17, 15) is 4.79 Å². The van der Waals surface area contributed by atoms with E-state index in [0.717, 1.165) is 60.4 Å². The molecule has 1 amide bonds. The van der Waals surface area contributed by atoms with Crippen molar-refractivity contribution in [1.29, 1.82) is 0 Å². The van der Waals surface area contributed by atoms with E-state index in [4.69, 9.17) is 28.2 Å². The highest BCUT2D eigenvalue weighted by Crippen LogP contribution is 2.35. The van der Waals surface area contributed by atoms with Gasteiger partial charge in [-0.2, -0.15) is 0 Å². The Hall–Kier alpha value is -3.39. The number of amides is 1. The average molecular weight is 632 g/mol. The molecule has 0 aliphatic carbocycles. The van der Waals surface area contributed by atoms with Gasteiger partial charge >= 0.3 is 0 Å². The van der Waals surface area contributed by atoms with Gasteiger partial charge in [0.15, 0.2) is 0 Å². The molecule has 0 saturated carbocycles. The summed E-state index contributed by atoms with van der Waals surface area (Å²) in [5.74, 6) is 1.01. The number of nitrogens with one attached hydrogen (secondary N) is 1. The first-order chi connectivity index (χ1) is 21.2. The molecular formula is C35H40Cl2N6O. The lowest BCUT2D eigenvalue weighted by Gasteiger charge is -2.35. The molecule has 0 spiro atoms. The minimum atomic E-state index is -0.0335. The van der Waals surface area contributed by atoms with Crippen molar-refractivity contribution >= 4 is 40.7 Å². The summed E-state index contributed by atoms with van der Waals surface area (Å²) < 4.78 is 2.04. The van der Waals surface area contributed by atoms with Gasteiger partial charge in [0.2, 0.25) is 5.95 Å². The first-order valence-electron chi connectivity index (χ1n) is 15.6. The summed E-state index contributed by atoms with van der Waals surface area (Å²) in [6.07, 6.45) is 6.93. The normalized spacial score (nSPS) is 16.8. The summed E-state index contributed by atoms with van der Waals surface area (Å²) in [5, 5.41) is 4.67. The number of rotatable bonds is 8. The Morgan fingerprint density at radius 1 is 1.02 bits per heavy atom. The quantitative estimate of drug-likeness (QED) is 0.211. The van der Waals surface area contributed by atoms with Crippen LogP contribution >= 0.6 is 23.2 Å². The summed E-state index contributed by atoms with van der Waals surface area (Å²) in [7, 11) is 0. The van der Waals surface area contributed by atoms with Crippen LogP contribution in [0.3, 0.4) is 0 Å². The second-order valence-corrected chi connectivity index (χ2v) is 13.1. The second kappa shape index (κ2) is 12.9. The molecule has 1 fully saturated rings. The number of likely N-dealkylation sites (tertiary alicyclic amines) is 1. The number of carbonyl (C=O) groups excluding carboxylic acids is 1. The van der Waals surface area contributed by atoms with Crippen LogP contribution in [-0.2, 0) is 6.54 Å². The number of aromatic nitrogens is 3. The third-order valence-corrected chi connectivity index (χ3v) is 9.72. The zero-order valence-corrected chi connectivity index (χ0v) is 27.4. The van der Waals surface area contributed by atoms with Crippen molar-refractivity contribution in [2.24, 2.45) is 0 Å². The van der Waals surface area contributed by atoms with Gasteiger partial charge in [-0.25, -0.2) is 9.97 Å². The smallest absolute Gasteiger partial charge is 0.271 e. The van der Waals surface area contributed by atoms with Crippen LogP contribution in [0.1, 0.15) is 79.2 Å². The zero-order chi connectivity index (χ0) is 31.0. The van der Waals surface area contributed by atoms with Crippen molar-refractivity contribution in [2.45, 2.75) is 71.5 Å². The van der Waals surface area contributed by atoms with Crippen LogP contribution in [0, 0.1) is 6.92 Å². The molecule has 1 saturated heterocycles. The molecule has 4 aromatic rings. The van der Waals surface area contributed by atoms with E-state index < -0.39 is 0 Å². The minimum Gasteiger partial charge on any atom is -0.341 e. The molecule has 0 unspecified atom stereocenters. The van der Waals surface area contributed by atoms with Gasteiger partial charge in [0.25, 0.3) is 5.91 Å². The van der Waals surface area contributed by atoms with Crippen LogP contribution in [0.5, 0.6) is 0 Å². The second-order valence-electron chi connectivity index (χ2n) is 12.3. The maximum atomic E-state index is 13.7. The molecule has 44 heavy (non-hydrogen) atoms. The fourth-order valence-electron chi connectivity index (χ4n) is 6.67. The molecule has 2 aliphatic rings. The molecule has 1 N–H and O–H groups in total. The van der Waals surface area contributed by atoms with Crippen LogP contribution in [0.15, 0.2) is 60.9 Å². The lowest BCUT2D eigenvalue weighted by Crippen LogP contribution is -2.42. The Labute approximate surface area is 270 Å². The zero-order valence-electron chi connectivity index (χ0n) is 25.9. The molecule has 7 nitrogen and oxygen atoms in total. The molecule has 2 aliphatic heterocycles. The highest BCUT2D eigenvalue weighted by atomic mass is 35.5. The third-order valence-electron chi connectivity index (χ3n) is 9.17.